The summed E-state index contributed by atoms with van der Waals surface area (Å²) >= 11 is 4.46. The fourth-order valence-electron chi connectivity index (χ4n) is 3.23. The van der Waals surface area contributed by atoms with Crippen LogP contribution in [0.25, 0.3) is 16.6 Å². The summed E-state index contributed by atoms with van der Waals surface area (Å²) in [5.41, 5.74) is 6.45. The predicted molar refractivity (Wildman–Crippen MR) is 111 cm³/mol. The number of aromatic nitrogens is 2. The van der Waals surface area contributed by atoms with E-state index in [1.54, 1.807) is 0 Å². The average molecular weight is 357 g/mol. The van der Waals surface area contributed by atoms with Crippen LogP contribution < -0.4 is 0 Å². The van der Waals surface area contributed by atoms with Crippen LogP contribution in [0.15, 0.2) is 76.7 Å². The molecule has 0 saturated carbocycles. The number of rotatable bonds is 3. The first-order valence-corrected chi connectivity index (χ1v) is 8.94. The minimum Gasteiger partial charge on any atom is -0.318 e. The molecule has 128 valence electrons. The number of benzene rings is 2. The third kappa shape index (κ3) is 3.04. The van der Waals surface area contributed by atoms with Gasteiger partial charge in [-0.2, -0.15) is 0 Å². The monoisotopic (exact) mass is 357 g/mol. The molecule has 2 aromatic heterocycles. The van der Waals surface area contributed by atoms with Gasteiger partial charge in [0.15, 0.2) is 0 Å². The molecule has 4 aromatic rings. The number of nitrogens with zero attached hydrogens (tertiary/aromatic N) is 3. The summed E-state index contributed by atoms with van der Waals surface area (Å²) in [4.78, 5) is 9.88. The Labute approximate surface area is 158 Å². The normalized spacial score (nSPS) is 11.5. The van der Waals surface area contributed by atoms with Gasteiger partial charge in [0.2, 0.25) is 0 Å². The molecule has 0 saturated heterocycles. The van der Waals surface area contributed by atoms with E-state index >= 15 is 0 Å². The third-order valence-electron chi connectivity index (χ3n) is 4.54. The van der Waals surface area contributed by atoms with E-state index in [-0.39, 0.29) is 0 Å². The first-order chi connectivity index (χ1) is 12.6. The maximum atomic E-state index is 4.61. The molecule has 26 heavy (non-hydrogen) atoms. The summed E-state index contributed by atoms with van der Waals surface area (Å²) < 4.78 is 2.25. The molecular weight excluding hydrogens is 338 g/mol. The lowest BCUT2D eigenvalue weighted by Crippen LogP contribution is -1.99. The van der Waals surface area contributed by atoms with E-state index < -0.39 is 0 Å². The Bertz CT molecular complexity index is 1130. The zero-order valence-electron chi connectivity index (χ0n) is 14.7. The highest BCUT2D eigenvalue weighted by atomic mass is 32.1. The summed E-state index contributed by atoms with van der Waals surface area (Å²) in [7, 11) is 0. The van der Waals surface area contributed by atoms with Crippen molar-refractivity contribution in [3.8, 4) is 5.69 Å². The van der Waals surface area contributed by atoms with Crippen molar-refractivity contribution in [1.29, 1.82) is 0 Å². The molecule has 4 rings (SSSR count). The van der Waals surface area contributed by atoms with Crippen LogP contribution in [0.5, 0.6) is 0 Å². The molecule has 0 aliphatic heterocycles. The lowest BCUT2D eigenvalue weighted by molar-refractivity contribution is 0.967. The fraction of sp³-hybridized carbons (Fsp3) is 0.0909. The van der Waals surface area contributed by atoms with Crippen LogP contribution in [-0.4, -0.2) is 15.8 Å². The second-order valence-electron chi connectivity index (χ2n) is 6.29. The number of hydrogen-bond acceptors (Lipinski definition) is 3. The molecule has 2 aromatic carbocycles. The molecule has 0 N–H and O–H groups in total. The van der Waals surface area contributed by atoms with Gasteiger partial charge in [-0.1, -0.05) is 18.2 Å². The second-order valence-corrected chi connectivity index (χ2v) is 6.77. The van der Waals surface area contributed by atoms with Crippen LogP contribution >= 0.6 is 12.6 Å². The molecule has 0 bridgehead atoms. The van der Waals surface area contributed by atoms with E-state index in [4.69, 9.17) is 0 Å². The van der Waals surface area contributed by atoms with Crippen LogP contribution in [0.1, 0.15) is 17.0 Å². The standard InChI is InChI=1S/C22H19N3S/c1-15-12-18(14-24-21-7-3-4-8-22(21)26)16(2)25(15)19-9-10-20-17(13-19)6-5-11-23-20/h3-14,26H,1-2H3. The highest BCUT2D eigenvalue weighted by Crippen LogP contribution is 2.25. The number of hydrogen-bond donors (Lipinski definition) is 1. The van der Waals surface area contributed by atoms with E-state index in [1.165, 1.54) is 5.69 Å². The van der Waals surface area contributed by atoms with Gasteiger partial charge < -0.3 is 4.57 Å². The molecule has 4 heteroatoms. The smallest absolute Gasteiger partial charge is 0.0763 e. The summed E-state index contributed by atoms with van der Waals surface area (Å²) in [5.74, 6) is 0. The van der Waals surface area contributed by atoms with Gasteiger partial charge in [-0.15, -0.1) is 12.6 Å². The van der Waals surface area contributed by atoms with Crippen molar-refractivity contribution in [2.45, 2.75) is 18.7 Å². The van der Waals surface area contributed by atoms with Crippen molar-refractivity contribution < 1.29 is 0 Å². The van der Waals surface area contributed by atoms with Crippen molar-refractivity contribution in [2.75, 3.05) is 0 Å². The lowest BCUT2D eigenvalue weighted by Gasteiger charge is -2.10. The number of pyridine rings is 1. The Balaban J connectivity index is 1.75. The minimum absolute atomic E-state index is 0.873. The van der Waals surface area contributed by atoms with Gasteiger partial charge in [-0.3, -0.25) is 9.98 Å². The van der Waals surface area contributed by atoms with Crippen LogP contribution in [-0.2, 0) is 0 Å². The summed E-state index contributed by atoms with van der Waals surface area (Å²) in [5, 5.41) is 1.14. The van der Waals surface area contributed by atoms with Gasteiger partial charge in [0.1, 0.15) is 0 Å². The van der Waals surface area contributed by atoms with E-state index in [0.717, 1.165) is 38.4 Å². The third-order valence-corrected chi connectivity index (χ3v) is 4.92. The molecule has 0 atom stereocenters. The molecule has 0 amide bonds. The fourth-order valence-corrected chi connectivity index (χ4v) is 3.45. The number of fused-ring (bicyclic) bond motifs is 1. The number of thiol groups is 1. The lowest BCUT2D eigenvalue weighted by atomic mass is 10.2. The van der Waals surface area contributed by atoms with Gasteiger partial charge in [0.05, 0.1) is 11.2 Å². The van der Waals surface area contributed by atoms with Crippen LogP contribution in [0.2, 0.25) is 0 Å². The van der Waals surface area contributed by atoms with E-state index in [2.05, 4.69) is 71.4 Å². The molecule has 0 unspecified atom stereocenters. The van der Waals surface area contributed by atoms with Crippen LogP contribution in [0.3, 0.4) is 0 Å². The van der Waals surface area contributed by atoms with E-state index in [0.29, 0.717) is 0 Å². The van der Waals surface area contributed by atoms with Gasteiger partial charge in [0, 0.05) is 45.3 Å². The van der Waals surface area contributed by atoms with E-state index in [1.807, 2.05) is 42.7 Å². The molecule has 0 aliphatic carbocycles. The molecular formula is C22H19N3S. The number of aliphatic imine (C=N–C) groups is 1. The molecule has 2 heterocycles. The molecule has 0 aliphatic rings. The van der Waals surface area contributed by atoms with Gasteiger partial charge in [0.25, 0.3) is 0 Å². The predicted octanol–water partition coefficient (Wildman–Crippen LogP) is 5.68. The largest absolute Gasteiger partial charge is 0.318 e. The zero-order valence-corrected chi connectivity index (χ0v) is 15.6. The van der Waals surface area contributed by atoms with Crippen LogP contribution in [0.4, 0.5) is 5.69 Å². The Morgan fingerprint density at radius 2 is 1.85 bits per heavy atom. The minimum atomic E-state index is 0.873. The second kappa shape index (κ2) is 6.81. The number of para-hydroxylation sites is 1. The molecule has 0 radical (unpaired) electrons. The highest BCUT2D eigenvalue weighted by molar-refractivity contribution is 7.80. The van der Waals surface area contributed by atoms with Gasteiger partial charge in [-0.25, -0.2) is 0 Å². The first kappa shape index (κ1) is 16.6. The SMILES string of the molecule is Cc1cc(C=Nc2ccccc2S)c(C)n1-c1ccc2ncccc2c1. The van der Waals surface area contributed by atoms with Crippen molar-refractivity contribution in [3.05, 3.63) is 83.8 Å². The summed E-state index contributed by atoms with van der Waals surface area (Å²) in [6.45, 7) is 4.23. The molecule has 0 fully saturated rings. The summed E-state index contributed by atoms with van der Waals surface area (Å²) in [6, 6.07) is 20.4. The Morgan fingerprint density at radius 1 is 1.00 bits per heavy atom. The maximum absolute atomic E-state index is 4.61. The van der Waals surface area contributed by atoms with E-state index in [9.17, 15) is 0 Å². The van der Waals surface area contributed by atoms with Crippen LogP contribution in [0, 0.1) is 13.8 Å². The highest BCUT2D eigenvalue weighted by Gasteiger charge is 2.10. The van der Waals surface area contributed by atoms with Gasteiger partial charge >= 0.3 is 0 Å². The van der Waals surface area contributed by atoms with Crippen molar-refractivity contribution in [3.63, 3.8) is 0 Å². The van der Waals surface area contributed by atoms with Crippen molar-refractivity contribution in [1.82, 2.24) is 9.55 Å². The van der Waals surface area contributed by atoms with Crippen molar-refractivity contribution >= 4 is 35.4 Å². The Morgan fingerprint density at radius 3 is 2.69 bits per heavy atom. The topological polar surface area (TPSA) is 30.2 Å². The average Bonchev–Trinajstić information content (AvgIpc) is 2.94. The maximum Gasteiger partial charge on any atom is 0.0763 e. The first-order valence-electron chi connectivity index (χ1n) is 8.49. The molecule has 0 spiro atoms. The summed E-state index contributed by atoms with van der Waals surface area (Å²) in [6.07, 6.45) is 3.73. The molecule has 3 nitrogen and oxygen atoms in total. The Hall–Kier alpha value is -2.85. The zero-order chi connectivity index (χ0) is 18.1. The number of aryl methyl sites for hydroxylation is 1. The van der Waals surface area contributed by atoms with Gasteiger partial charge in [-0.05, 0) is 56.3 Å². The Kier molecular flexibility index (Phi) is 4.35. The van der Waals surface area contributed by atoms with Crippen molar-refractivity contribution in [2.24, 2.45) is 4.99 Å². The quantitative estimate of drug-likeness (QED) is 0.371.